The van der Waals surface area contributed by atoms with E-state index < -0.39 is 27.9 Å². The Morgan fingerprint density at radius 3 is 2.68 bits per heavy atom. The molecule has 9 nitrogen and oxygen atoms in total. The monoisotopic (exact) mass is 419 g/mol. The van der Waals surface area contributed by atoms with E-state index in [2.05, 4.69) is 19.3 Å². The number of hydrogen-bond donors (Lipinski definition) is 1. The van der Waals surface area contributed by atoms with E-state index in [1.165, 1.54) is 11.0 Å². The number of rotatable bonds is 4. The molecule has 0 spiro atoms. The molecular weight excluding hydrogens is 402 g/mol. The number of sulfonamides is 1. The number of carbonyl (C=O) groups is 2. The summed E-state index contributed by atoms with van der Waals surface area (Å²) < 4.78 is 32.6. The van der Waals surface area contributed by atoms with Crippen molar-refractivity contribution >= 4 is 44.8 Å². The van der Waals surface area contributed by atoms with Crippen LogP contribution in [0.15, 0.2) is 38.9 Å². The lowest BCUT2D eigenvalue weighted by molar-refractivity contribution is -0.131. The Balaban J connectivity index is 1.73. The van der Waals surface area contributed by atoms with Gasteiger partial charge in [0.25, 0.3) is 10.0 Å². The molecule has 1 amide bonds. The van der Waals surface area contributed by atoms with Gasteiger partial charge in [0.15, 0.2) is 11.7 Å². The van der Waals surface area contributed by atoms with Crippen molar-refractivity contribution in [3.8, 4) is 0 Å². The Bertz CT molecular complexity index is 1080. The molecule has 2 aliphatic rings. The molecule has 0 radical (unpaired) electrons. The van der Waals surface area contributed by atoms with E-state index in [1.54, 1.807) is 23.6 Å². The van der Waals surface area contributed by atoms with Gasteiger partial charge in [0.1, 0.15) is 10.7 Å². The number of Topliss-reactive ketones (excluding diaryl/α,β-unsaturated/α-hetero) is 1. The van der Waals surface area contributed by atoms with Crippen LogP contribution in [-0.4, -0.2) is 46.5 Å². The molecule has 3 heterocycles. The molecule has 1 N–H and O–H groups in total. The number of anilines is 1. The molecule has 1 aromatic heterocycles. The first kappa shape index (κ1) is 18.7. The average Bonchev–Trinajstić information content (AvgIpc) is 3.21. The van der Waals surface area contributed by atoms with Crippen LogP contribution in [0.5, 0.6) is 0 Å². The van der Waals surface area contributed by atoms with Crippen LogP contribution in [0.2, 0.25) is 0 Å². The predicted octanol–water partition coefficient (Wildman–Crippen LogP) is 1.30. The maximum absolute atomic E-state index is 13.1. The molecule has 0 saturated carbocycles. The van der Waals surface area contributed by atoms with Gasteiger partial charge >= 0.3 is 0 Å². The zero-order valence-corrected chi connectivity index (χ0v) is 16.7. The zero-order valence-electron chi connectivity index (χ0n) is 15.1. The lowest BCUT2D eigenvalue weighted by Gasteiger charge is -2.25. The lowest BCUT2D eigenvalue weighted by Crippen LogP contribution is -2.38. The Hall–Kier alpha value is -2.66. The summed E-state index contributed by atoms with van der Waals surface area (Å²) in [7, 11) is -4.00. The summed E-state index contributed by atoms with van der Waals surface area (Å²) in [5, 5.41) is 8.52. The van der Waals surface area contributed by atoms with Crippen LogP contribution in [0, 0.1) is 11.8 Å². The highest BCUT2D eigenvalue weighted by Gasteiger charge is 2.52. The molecule has 2 atom stereocenters. The first-order chi connectivity index (χ1) is 13.3. The Labute approximate surface area is 165 Å². The van der Waals surface area contributed by atoms with Crippen molar-refractivity contribution in [2.45, 2.75) is 31.3 Å². The van der Waals surface area contributed by atoms with Crippen LogP contribution in [0.1, 0.15) is 19.5 Å². The van der Waals surface area contributed by atoms with E-state index >= 15 is 0 Å². The molecule has 1 fully saturated rings. The maximum Gasteiger partial charge on any atom is 0.286 e. The zero-order chi connectivity index (χ0) is 20.1. The Morgan fingerprint density at radius 2 is 2.00 bits per heavy atom. The van der Waals surface area contributed by atoms with Gasteiger partial charge in [0.05, 0.1) is 24.0 Å². The number of nitrogens with zero attached hydrogens (tertiary/aromatic N) is 4. The van der Waals surface area contributed by atoms with Crippen molar-refractivity contribution in [2.75, 3.05) is 5.32 Å². The summed E-state index contributed by atoms with van der Waals surface area (Å²) >= 11 is 1.16. The smallest absolute Gasteiger partial charge is 0.286 e. The van der Waals surface area contributed by atoms with Crippen molar-refractivity contribution in [3.63, 3.8) is 0 Å². The number of aromatic nitrogens is 2. The van der Waals surface area contributed by atoms with Gasteiger partial charge in [0.2, 0.25) is 5.91 Å². The summed E-state index contributed by atoms with van der Waals surface area (Å²) in [6, 6.07) is 5.56. The SMILES string of the molecule is CC(C)[C@H]1C(=O)C(C2=NS(=O)(=O)c3ccccc3N2)C(=O)N1Cc1csnn1. The van der Waals surface area contributed by atoms with Crippen molar-refractivity contribution in [1.82, 2.24) is 14.5 Å². The van der Waals surface area contributed by atoms with Gasteiger partial charge in [-0.25, -0.2) is 0 Å². The normalized spacial score (nSPS) is 23.5. The van der Waals surface area contributed by atoms with Crippen LogP contribution in [0.25, 0.3) is 0 Å². The quantitative estimate of drug-likeness (QED) is 0.741. The second-order valence-corrected chi connectivity index (χ2v) is 9.14. The van der Waals surface area contributed by atoms with Gasteiger partial charge in [-0.15, -0.1) is 9.50 Å². The minimum atomic E-state index is -4.00. The van der Waals surface area contributed by atoms with Crippen LogP contribution in [0.4, 0.5) is 5.69 Å². The number of para-hydroxylation sites is 1. The number of ketones is 1. The molecular formula is C17H17N5O4S2. The van der Waals surface area contributed by atoms with Crippen molar-refractivity contribution in [3.05, 3.63) is 35.3 Å². The second-order valence-electron chi connectivity index (χ2n) is 6.96. The topological polar surface area (TPSA) is 122 Å². The fraction of sp³-hybridized carbons (Fsp3) is 0.353. The Morgan fingerprint density at radius 1 is 1.25 bits per heavy atom. The fourth-order valence-corrected chi connectivity index (χ4v) is 5.15. The summed E-state index contributed by atoms with van der Waals surface area (Å²) in [5.74, 6) is -2.46. The Kier molecular flexibility index (Phi) is 4.50. The number of amides is 1. The number of benzene rings is 1. The third-order valence-electron chi connectivity index (χ3n) is 4.73. The highest BCUT2D eigenvalue weighted by atomic mass is 32.2. The highest BCUT2D eigenvalue weighted by molar-refractivity contribution is 7.90. The van der Waals surface area contributed by atoms with Gasteiger partial charge in [-0.3, -0.25) is 9.59 Å². The molecule has 1 saturated heterocycles. The molecule has 0 bridgehead atoms. The van der Waals surface area contributed by atoms with Crippen LogP contribution < -0.4 is 5.32 Å². The molecule has 146 valence electrons. The van der Waals surface area contributed by atoms with Crippen LogP contribution in [0.3, 0.4) is 0 Å². The van der Waals surface area contributed by atoms with E-state index in [-0.39, 0.29) is 29.0 Å². The predicted molar refractivity (Wildman–Crippen MR) is 102 cm³/mol. The summed E-state index contributed by atoms with van der Waals surface area (Å²) in [4.78, 5) is 27.7. The number of amidine groups is 1. The standard InChI is InChI=1S/C17H17N5O4S2/c1-9(2)14-15(23)13(17(24)22(14)7-10-8-27-21-19-10)16-18-11-5-3-4-6-12(11)28(25,26)20-16/h3-6,8-9,13-14H,7H2,1-2H3,(H,18,20)/t13?,14-/m0/s1. The van der Waals surface area contributed by atoms with Crippen LogP contribution in [-0.2, 0) is 26.2 Å². The van der Waals surface area contributed by atoms with E-state index in [1.807, 2.05) is 13.8 Å². The van der Waals surface area contributed by atoms with Crippen molar-refractivity contribution < 1.29 is 18.0 Å². The first-order valence-corrected chi connectivity index (χ1v) is 10.9. The number of fused-ring (bicyclic) bond motifs is 1. The molecule has 4 rings (SSSR count). The molecule has 28 heavy (non-hydrogen) atoms. The molecule has 2 aliphatic heterocycles. The van der Waals surface area contributed by atoms with Gasteiger partial charge < -0.3 is 10.2 Å². The third-order valence-corrected chi connectivity index (χ3v) is 6.63. The number of hydrogen-bond acceptors (Lipinski definition) is 8. The van der Waals surface area contributed by atoms with Gasteiger partial charge in [-0.1, -0.05) is 30.5 Å². The second kappa shape index (κ2) is 6.74. The fourth-order valence-electron chi connectivity index (χ4n) is 3.55. The number of nitrogens with one attached hydrogen (secondary N) is 1. The van der Waals surface area contributed by atoms with Gasteiger partial charge in [-0.2, -0.15) is 8.42 Å². The molecule has 1 aromatic carbocycles. The van der Waals surface area contributed by atoms with Gasteiger partial charge in [0, 0.05) is 5.38 Å². The van der Waals surface area contributed by atoms with E-state index in [9.17, 15) is 18.0 Å². The van der Waals surface area contributed by atoms with Gasteiger partial charge in [-0.05, 0) is 29.6 Å². The van der Waals surface area contributed by atoms with E-state index in [4.69, 9.17) is 0 Å². The average molecular weight is 419 g/mol. The summed E-state index contributed by atoms with van der Waals surface area (Å²) in [5.41, 5.74) is 0.880. The van der Waals surface area contributed by atoms with Crippen molar-refractivity contribution in [1.29, 1.82) is 0 Å². The number of likely N-dealkylation sites (tertiary alicyclic amines) is 1. The maximum atomic E-state index is 13.1. The highest BCUT2D eigenvalue weighted by Crippen LogP contribution is 2.33. The van der Waals surface area contributed by atoms with E-state index in [0.29, 0.717) is 11.4 Å². The first-order valence-electron chi connectivity index (χ1n) is 8.60. The summed E-state index contributed by atoms with van der Waals surface area (Å²) in [6.45, 7) is 3.82. The molecule has 11 heteroatoms. The molecule has 1 unspecified atom stereocenters. The van der Waals surface area contributed by atoms with Crippen molar-refractivity contribution in [2.24, 2.45) is 16.2 Å². The minimum absolute atomic E-state index is 0.0162. The molecule has 2 aromatic rings. The van der Waals surface area contributed by atoms with Crippen LogP contribution >= 0.6 is 11.5 Å². The lowest BCUT2D eigenvalue weighted by atomic mass is 9.95. The third kappa shape index (κ3) is 3.00. The summed E-state index contributed by atoms with van der Waals surface area (Å²) in [6.07, 6.45) is 0. The molecule has 0 aliphatic carbocycles. The largest absolute Gasteiger partial charge is 0.341 e. The number of carbonyl (C=O) groups excluding carboxylic acids is 2. The minimum Gasteiger partial charge on any atom is -0.341 e. The van der Waals surface area contributed by atoms with E-state index in [0.717, 1.165) is 11.5 Å².